The summed E-state index contributed by atoms with van der Waals surface area (Å²) in [6.07, 6.45) is 3.20. The van der Waals surface area contributed by atoms with Crippen molar-refractivity contribution in [3.8, 4) is 0 Å². The lowest BCUT2D eigenvalue weighted by atomic mass is 10.1. The number of hydrogen-bond acceptors (Lipinski definition) is 4. The SMILES string of the molecule is Cc1cc(N(C)C)ccc1NC(=O)Nc1cnn(CCO)c1. The summed E-state index contributed by atoms with van der Waals surface area (Å²) in [5.41, 5.74) is 3.39. The molecule has 118 valence electrons. The molecule has 0 spiro atoms. The lowest BCUT2D eigenvalue weighted by Gasteiger charge is -2.15. The largest absolute Gasteiger partial charge is 0.394 e. The van der Waals surface area contributed by atoms with Gasteiger partial charge in [-0.15, -0.1) is 0 Å². The number of urea groups is 1. The van der Waals surface area contributed by atoms with Crippen LogP contribution in [-0.4, -0.2) is 41.6 Å². The summed E-state index contributed by atoms with van der Waals surface area (Å²) < 4.78 is 1.56. The molecule has 0 radical (unpaired) electrons. The molecule has 0 unspecified atom stereocenters. The van der Waals surface area contributed by atoms with Crippen molar-refractivity contribution < 1.29 is 9.90 Å². The van der Waals surface area contributed by atoms with Crippen LogP contribution >= 0.6 is 0 Å². The molecule has 0 saturated carbocycles. The van der Waals surface area contributed by atoms with E-state index < -0.39 is 0 Å². The number of carbonyl (C=O) groups excluding carboxylic acids is 1. The number of anilines is 3. The average molecular weight is 303 g/mol. The molecule has 0 aliphatic rings. The minimum atomic E-state index is -0.329. The summed E-state index contributed by atoms with van der Waals surface area (Å²) in [5.74, 6) is 0. The van der Waals surface area contributed by atoms with Gasteiger partial charge in [-0.1, -0.05) is 0 Å². The van der Waals surface area contributed by atoms with Gasteiger partial charge in [0.25, 0.3) is 0 Å². The first kappa shape index (κ1) is 15.8. The summed E-state index contributed by atoms with van der Waals surface area (Å²) >= 11 is 0. The number of amides is 2. The van der Waals surface area contributed by atoms with Crippen molar-refractivity contribution in [2.24, 2.45) is 0 Å². The summed E-state index contributed by atoms with van der Waals surface area (Å²) in [5, 5.41) is 18.4. The third-order valence-electron chi connectivity index (χ3n) is 3.19. The van der Waals surface area contributed by atoms with E-state index in [9.17, 15) is 4.79 Å². The van der Waals surface area contributed by atoms with E-state index in [2.05, 4.69) is 15.7 Å². The van der Waals surface area contributed by atoms with Crippen LogP contribution in [0.2, 0.25) is 0 Å². The Morgan fingerprint density at radius 1 is 1.36 bits per heavy atom. The van der Waals surface area contributed by atoms with E-state index in [0.29, 0.717) is 12.2 Å². The Balaban J connectivity index is 1.99. The van der Waals surface area contributed by atoms with Crippen molar-refractivity contribution in [3.05, 3.63) is 36.2 Å². The Labute approximate surface area is 129 Å². The van der Waals surface area contributed by atoms with Gasteiger partial charge in [0.2, 0.25) is 0 Å². The molecule has 0 aliphatic heterocycles. The van der Waals surface area contributed by atoms with Gasteiger partial charge < -0.3 is 20.6 Å². The van der Waals surface area contributed by atoms with Gasteiger partial charge in [0.15, 0.2) is 0 Å². The van der Waals surface area contributed by atoms with Crippen molar-refractivity contribution >= 4 is 23.1 Å². The number of aromatic nitrogens is 2. The fourth-order valence-electron chi connectivity index (χ4n) is 2.00. The number of rotatable bonds is 5. The van der Waals surface area contributed by atoms with E-state index in [-0.39, 0.29) is 12.6 Å². The van der Waals surface area contributed by atoms with Gasteiger partial charge in [-0.05, 0) is 30.7 Å². The Bertz CT molecular complexity index is 651. The van der Waals surface area contributed by atoms with Gasteiger partial charge in [0, 0.05) is 31.7 Å². The van der Waals surface area contributed by atoms with Crippen LogP contribution in [-0.2, 0) is 6.54 Å². The number of nitrogens with zero attached hydrogens (tertiary/aromatic N) is 3. The van der Waals surface area contributed by atoms with Crippen LogP contribution in [0, 0.1) is 6.92 Å². The van der Waals surface area contributed by atoms with Gasteiger partial charge in [-0.3, -0.25) is 4.68 Å². The zero-order chi connectivity index (χ0) is 16.1. The molecule has 2 aromatic rings. The fraction of sp³-hybridized carbons (Fsp3) is 0.333. The molecule has 2 amide bonds. The fourth-order valence-corrected chi connectivity index (χ4v) is 2.00. The van der Waals surface area contributed by atoms with Crippen LogP contribution in [0.4, 0.5) is 21.9 Å². The lowest BCUT2D eigenvalue weighted by molar-refractivity contribution is 0.262. The molecule has 22 heavy (non-hydrogen) atoms. The van der Waals surface area contributed by atoms with Crippen LogP contribution in [0.1, 0.15) is 5.56 Å². The van der Waals surface area contributed by atoms with Crippen molar-refractivity contribution in [1.29, 1.82) is 0 Å². The number of nitrogens with one attached hydrogen (secondary N) is 2. The van der Waals surface area contributed by atoms with Crippen molar-refractivity contribution in [1.82, 2.24) is 9.78 Å². The monoisotopic (exact) mass is 303 g/mol. The highest BCUT2D eigenvalue weighted by molar-refractivity contribution is 6.00. The van der Waals surface area contributed by atoms with E-state index in [1.165, 1.54) is 6.20 Å². The predicted octanol–water partition coefficient (Wildman–Crippen LogP) is 1.89. The molecule has 0 fully saturated rings. The molecular formula is C15H21N5O2. The van der Waals surface area contributed by atoms with Crippen LogP contribution in [0.3, 0.4) is 0 Å². The Morgan fingerprint density at radius 3 is 2.77 bits per heavy atom. The van der Waals surface area contributed by atoms with Crippen molar-refractivity contribution in [2.45, 2.75) is 13.5 Å². The Hall–Kier alpha value is -2.54. The van der Waals surface area contributed by atoms with Gasteiger partial charge in [-0.25, -0.2) is 4.79 Å². The van der Waals surface area contributed by atoms with Crippen LogP contribution in [0.25, 0.3) is 0 Å². The second-order valence-electron chi connectivity index (χ2n) is 5.19. The second kappa shape index (κ2) is 6.95. The summed E-state index contributed by atoms with van der Waals surface area (Å²) in [6, 6.07) is 5.50. The average Bonchev–Trinajstić information content (AvgIpc) is 2.88. The van der Waals surface area contributed by atoms with Crippen LogP contribution in [0.5, 0.6) is 0 Å². The quantitative estimate of drug-likeness (QED) is 0.788. The van der Waals surface area contributed by atoms with Crippen molar-refractivity contribution in [2.75, 3.05) is 36.2 Å². The molecule has 1 heterocycles. The van der Waals surface area contributed by atoms with E-state index >= 15 is 0 Å². The predicted molar refractivity (Wildman–Crippen MR) is 87.5 cm³/mol. The zero-order valence-corrected chi connectivity index (χ0v) is 13.0. The molecule has 2 rings (SSSR count). The minimum Gasteiger partial charge on any atom is -0.394 e. The normalized spacial score (nSPS) is 10.4. The molecule has 1 aromatic carbocycles. The number of hydrogen-bond donors (Lipinski definition) is 3. The van der Waals surface area contributed by atoms with Gasteiger partial charge in [0.1, 0.15) is 0 Å². The minimum absolute atomic E-state index is 0.00470. The van der Waals surface area contributed by atoms with E-state index in [4.69, 9.17) is 5.11 Å². The molecule has 7 heteroatoms. The molecule has 3 N–H and O–H groups in total. The lowest BCUT2D eigenvalue weighted by Crippen LogP contribution is -2.20. The summed E-state index contributed by atoms with van der Waals surface area (Å²) in [7, 11) is 3.94. The zero-order valence-electron chi connectivity index (χ0n) is 13.0. The van der Waals surface area contributed by atoms with E-state index in [0.717, 1.165) is 16.9 Å². The Kier molecular flexibility index (Phi) is 5.00. The Morgan fingerprint density at radius 2 is 2.14 bits per heavy atom. The maximum Gasteiger partial charge on any atom is 0.323 e. The molecule has 0 bridgehead atoms. The molecule has 0 saturated heterocycles. The highest BCUT2D eigenvalue weighted by Crippen LogP contribution is 2.21. The smallest absolute Gasteiger partial charge is 0.323 e. The number of carbonyl (C=O) groups is 1. The van der Waals surface area contributed by atoms with Crippen molar-refractivity contribution in [3.63, 3.8) is 0 Å². The van der Waals surface area contributed by atoms with Crippen LogP contribution in [0.15, 0.2) is 30.6 Å². The first-order valence-corrected chi connectivity index (χ1v) is 6.99. The molecule has 7 nitrogen and oxygen atoms in total. The molecule has 0 atom stereocenters. The van der Waals surface area contributed by atoms with Crippen LogP contribution < -0.4 is 15.5 Å². The highest BCUT2D eigenvalue weighted by Gasteiger charge is 2.07. The summed E-state index contributed by atoms with van der Waals surface area (Å²) in [6.45, 7) is 2.35. The first-order chi connectivity index (χ1) is 10.5. The maximum atomic E-state index is 12.0. The number of aliphatic hydroxyl groups excluding tert-OH is 1. The van der Waals surface area contributed by atoms with E-state index in [1.54, 1.807) is 10.9 Å². The molecular weight excluding hydrogens is 282 g/mol. The standard InChI is InChI=1S/C15H21N5O2/c1-11-8-13(19(2)3)4-5-14(11)18-15(22)17-12-9-16-20(10-12)6-7-21/h4-5,8-10,21H,6-7H2,1-3H3,(H2,17,18,22). The number of benzene rings is 1. The summed E-state index contributed by atoms with van der Waals surface area (Å²) in [4.78, 5) is 14.0. The number of aryl methyl sites for hydroxylation is 1. The first-order valence-electron chi connectivity index (χ1n) is 6.99. The van der Waals surface area contributed by atoms with Gasteiger partial charge >= 0.3 is 6.03 Å². The second-order valence-corrected chi connectivity index (χ2v) is 5.19. The maximum absolute atomic E-state index is 12.0. The van der Waals surface area contributed by atoms with Gasteiger partial charge in [-0.2, -0.15) is 5.10 Å². The molecule has 0 aliphatic carbocycles. The van der Waals surface area contributed by atoms with Gasteiger partial charge in [0.05, 0.1) is 25.0 Å². The van der Waals surface area contributed by atoms with E-state index in [1.807, 2.05) is 44.1 Å². The topological polar surface area (TPSA) is 82.4 Å². The number of aliphatic hydroxyl groups is 1. The third kappa shape index (κ3) is 3.98. The highest BCUT2D eigenvalue weighted by atomic mass is 16.3. The molecule has 1 aromatic heterocycles. The third-order valence-corrected chi connectivity index (χ3v) is 3.19.